The Balaban J connectivity index is 3.18. The van der Waals surface area contributed by atoms with Crippen molar-refractivity contribution in [3.63, 3.8) is 0 Å². The molecule has 0 atom stereocenters. The third kappa shape index (κ3) is 15.0. The van der Waals surface area contributed by atoms with Crippen LogP contribution in [0, 0.1) is 0 Å². The maximum Gasteiger partial charge on any atom is 0.305 e. The summed E-state index contributed by atoms with van der Waals surface area (Å²) in [5.41, 5.74) is 0. The lowest BCUT2D eigenvalue weighted by Gasteiger charge is -2.04. The van der Waals surface area contributed by atoms with Crippen LogP contribution in [0.3, 0.4) is 0 Å². The highest BCUT2D eigenvalue weighted by Crippen LogP contribution is 2.09. The molecule has 0 N–H and O–H groups in total. The first-order valence-electron chi connectivity index (χ1n) is 8.19. The predicted octanol–water partition coefficient (Wildman–Crippen LogP) is 5.58. The van der Waals surface area contributed by atoms with Crippen molar-refractivity contribution < 1.29 is 9.53 Å². The molecule has 0 fully saturated rings. The highest BCUT2D eigenvalue weighted by molar-refractivity contribution is 5.69. The van der Waals surface area contributed by atoms with Crippen molar-refractivity contribution in [2.45, 2.75) is 77.6 Å². The molecule has 0 aromatic carbocycles. The lowest BCUT2D eigenvalue weighted by Crippen LogP contribution is -2.05. The van der Waals surface area contributed by atoms with Gasteiger partial charge in [0, 0.05) is 6.42 Å². The van der Waals surface area contributed by atoms with E-state index >= 15 is 0 Å². The fraction of sp³-hybridized carbons (Fsp3) is 0.722. The topological polar surface area (TPSA) is 26.3 Å². The van der Waals surface area contributed by atoms with E-state index < -0.39 is 0 Å². The number of hydrogen-bond acceptors (Lipinski definition) is 2. The van der Waals surface area contributed by atoms with Gasteiger partial charge in [0.1, 0.15) is 0 Å². The fourth-order valence-electron chi connectivity index (χ4n) is 2.05. The van der Waals surface area contributed by atoms with Crippen LogP contribution in [-0.2, 0) is 9.53 Å². The molecule has 116 valence electrons. The number of esters is 1. The summed E-state index contributed by atoms with van der Waals surface area (Å²) < 4.78 is 5.21. The van der Waals surface area contributed by atoms with Gasteiger partial charge in [0.05, 0.1) is 6.61 Å². The normalized spacial score (nSPS) is 10.8. The van der Waals surface area contributed by atoms with E-state index in [2.05, 4.69) is 18.7 Å². The van der Waals surface area contributed by atoms with Crippen molar-refractivity contribution in [2.75, 3.05) is 6.61 Å². The summed E-state index contributed by atoms with van der Waals surface area (Å²) in [7, 11) is 0. The second-order valence-corrected chi connectivity index (χ2v) is 5.23. The molecule has 0 aliphatic rings. The Morgan fingerprint density at radius 3 is 2.30 bits per heavy atom. The molecule has 0 aromatic heterocycles. The van der Waals surface area contributed by atoms with Gasteiger partial charge in [0.15, 0.2) is 0 Å². The van der Waals surface area contributed by atoms with Crippen molar-refractivity contribution >= 4 is 5.97 Å². The molecule has 0 aliphatic heterocycles. The van der Waals surface area contributed by atoms with Gasteiger partial charge in [0.2, 0.25) is 0 Å². The van der Waals surface area contributed by atoms with E-state index in [1.807, 2.05) is 13.0 Å². The molecule has 0 radical (unpaired) electrons. The maximum absolute atomic E-state index is 11.5. The molecule has 2 nitrogen and oxygen atoms in total. The van der Waals surface area contributed by atoms with Gasteiger partial charge in [-0.05, 0) is 45.4 Å². The van der Waals surface area contributed by atoms with Crippen LogP contribution in [0.15, 0.2) is 24.8 Å². The van der Waals surface area contributed by atoms with Crippen LogP contribution in [0.4, 0.5) is 0 Å². The summed E-state index contributed by atoms with van der Waals surface area (Å²) in [5.74, 6) is -0.0253. The summed E-state index contributed by atoms with van der Waals surface area (Å²) in [6.45, 7) is 6.33. The SMILES string of the molecule is C=CCCCCCCCCC(=O)OCCCC/C=C\C. The van der Waals surface area contributed by atoms with Crippen molar-refractivity contribution in [3.05, 3.63) is 24.8 Å². The van der Waals surface area contributed by atoms with Crippen molar-refractivity contribution in [2.24, 2.45) is 0 Å². The molecule has 0 bridgehead atoms. The van der Waals surface area contributed by atoms with Gasteiger partial charge in [-0.15, -0.1) is 6.58 Å². The Morgan fingerprint density at radius 2 is 1.60 bits per heavy atom. The molecule has 0 spiro atoms. The van der Waals surface area contributed by atoms with Crippen LogP contribution in [-0.4, -0.2) is 12.6 Å². The molecular weight excluding hydrogens is 248 g/mol. The number of unbranched alkanes of at least 4 members (excludes halogenated alkanes) is 8. The van der Waals surface area contributed by atoms with Crippen LogP contribution < -0.4 is 0 Å². The van der Waals surface area contributed by atoms with Crippen LogP contribution >= 0.6 is 0 Å². The van der Waals surface area contributed by atoms with Gasteiger partial charge in [-0.2, -0.15) is 0 Å². The van der Waals surface area contributed by atoms with E-state index in [0.29, 0.717) is 13.0 Å². The highest BCUT2D eigenvalue weighted by atomic mass is 16.5. The van der Waals surface area contributed by atoms with E-state index in [-0.39, 0.29) is 5.97 Å². The Hall–Kier alpha value is -1.05. The monoisotopic (exact) mass is 280 g/mol. The zero-order chi connectivity index (χ0) is 14.9. The largest absolute Gasteiger partial charge is 0.466 e. The quantitative estimate of drug-likeness (QED) is 0.236. The molecule has 0 saturated carbocycles. The molecule has 0 heterocycles. The van der Waals surface area contributed by atoms with Crippen LogP contribution in [0.1, 0.15) is 77.6 Å². The van der Waals surface area contributed by atoms with Crippen molar-refractivity contribution in [1.82, 2.24) is 0 Å². The molecular formula is C18H32O2. The number of rotatable bonds is 14. The summed E-state index contributed by atoms with van der Waals surface area (Å²) in [6.07, 6.45) is 18.2. The number of allylic oxidation sites excluding steroid dienone is 3. The van der Waals surface area contributed by atoms with Crippen LogP contribution in [0.5, 0.6) is 0 Å². The molecule has 0 aliphatic carbocycles. The molecule has 0 amide bonds. The number of carbonyl (C=O) groups excluding carboxylic acids is 1. The Kier molecular flexibility index (Phi) is 15.2. The van der Waals surface area contributed by atoms with Crippen molar-refractivity contribution in [3.8, 4) is 0 Å². The number of hydrogen-bond donors (Lipinski definition) is 0. The molecule has 0 unspecified atom stereocenters. The maximum atomic E-state index is 11.5. The standard InChI is InChI=1S/C18H32O2/c1-3-5-7-9-10-11-12-14-16-18(19)20-17-15-13-8-6-4-2/h3-4,6H,1,5,7-17H2,2H3/b6-4-. The summed E-state index contributed by atoms with van der Waals surface area (Å²) in [4.78, 5) is 11.5. The Bertz CT molecular complexity index is 256. The summed E-state index contributed by atoms with van der Waals surface area (Å²) in [5, 5.41) is 0. The summed E-state index contributed by atoms with van der Waals surface area (Å²) in [6, 6.07) is 0. The van der Waals surface area contributed by atoms with Gasteiger partial charge in [-0.1, -0.05) is 43.9 Å². The number of ether oxygens (including phenoxy) is 1. The van der Waals surface area contributed by atoms with Crippen LogP contribution in [0.25, 0.3) is 0 Å². The zero-order valence-corrected chi connectivity index (χ0v) is 13.2. The third-order valence-corrected chi connectivity index (χ3v) is 3.30. The minimum atomic E-state index is -0.0253. The van der Waals surface area contributed by atoms with Gasteiger partial charge in [-0.25, -0.2) is 0 Å². The molecule has 20 heavy (non-hydrogen) atoms. The second kappa shape index (κ2) is 16.0. The van der Waals surface area contributed by atoms with Crippen molar-refractivity contribution in [1.29, 1.82) is 0 Å². The zero-order valence-electron chi connectivity index (χ0n) is 13.2. The minimum Gasteiger partial charge on any atom is -0.466 e. The molecule has 0 saturated heterocycles. The average Bonchev–Trinajstić information content (AvgIpc) is 2.45. The number of carbonyl (C=O) groups is 1. The Morgan fingerprint density at radius 1 is 0.950 bits per heavy atom. The molecule has 0 rings (SSSR count). The predicted molar refractivity (Wildman–Crippen MR) is 86.8 cm³/mol. The first-order valence-corrected chi connectivity index (χ1v) is 8.19. The summed E-state index contributed by atoms with van der Waals surface area (Å²) >= 11 is 0. The minimum absolute atomic E-state index is 0.0253. The van der Waals surface area contributed by atoms with Crippen LogP contribution in [0.2, 0.25) is 0 Å². The van der Waals surface area contributed by atoms with Gasteiger partial charge < -0.3 is 4.74 Å². The van der Waals surface area contributed by atoms with E-state index in [1.54, 1.807) is 0 Å². The van der Waals surface area contributed by atoms with Gasteiger partial charge >= 0.3 is 5.97 Å². The lowest BCUT2D eigenvalue weighted by atomic mass is 10.1. The fourth-order valence-corrected chi connectivity index (χ4v) is 2.05. The first kappa shape index (κ1) is 18.9. The third-order valence-electron chi connectivity index (χ3n) is 3.30. The second-order valence-electron chi connectivity index (χ2n) is 5.23. The van der Waals surface area contributed by atoms with E-state index in [9.17, 15) is 4.79 Å². The highest BCUT2D eigenvalue weighted by Gasteiger charge is 2.02. The van der Waals surface area contributed by atoms with E-state index in [4.69, 9.17) is 4.74 Å². The smallest absolute Gasteiger partial charge is 0.305 e. The first-order chi connectivity index (χ1) is 9.81. The lowest BCUT2D eigenvalue weighted by molar-refractivity contribution is -0.143. The van der Waals surface area contributed by atoms with Gasteiger partial charge in [0.25, 0.3) is 0 Å². The van der Waals surface area contributed by atoms with E-state index in [1.165, 1.54) is 25.7 Å². The van der Waals surface area contributed by atoms with Gasteiger partial charge in [-0.3, -0.25) is 4.79 Å². The van der Waals surface area contributed by atoms with E-state index in [0.717, 1.165) is 38.5 Å². The Labute approximate surface area is 125 Å². The average molecular weight is 280 g/mol. The molecule has 2 heteroatoms. The molecule has 0 aromatic rings.